The maximum absolute atomic E-state index is 11.6. The summed E-state index contributed by atoms with van der Waals surface area (Å²) in [5, 5.41) is 0. The van der Waals surface area contributed by atoms with Gasteiger partial charge in [0.1, 0.15) is 0 Å². The first-order chi connectivity index (χ1) is 4.91. The Balaban J connectivity index is 2.65. The second-order valence-electron chi connectivity index (χ2n) is 2.00. The molecule has 0 atom stereocenters. The molecular formula is C7H15FS2. The number of alkyl halides is 1. The van der Waals surface area contributed by atoms with Gasteiger partial charge in [0.15, 0.2) is 0 Å². The molecule has 3 heteroatoms. The molecule has 0 aliphatic rings. The molecule has 0 unspecified atom stereocenters. The first-order valence-electron chi connectivity index (χ1n) is 3.54. The van der Waals surface area contributed by atoms with Crippen molar-refractivity contribution < 1.29 is 4.39 Å². The zero-order chi connectivity index (χ0) is 7.66. The summed E-state index contributed by atoms with van der Waals surface area (Å²) in [5.74, 6) is 3.57. The predicted molar refractivity (Wildman–Crippen MR) is 50.9 cm³/mol. The number of unbranched alkanes of at least 4 members (excludes halogenated alkanes) is 1. The summed E-state index contributed by atoms with van der Waals surface area (Å²) in [7, 11) is 0. The fourth-order valence-corrected chi connectivity index (χ4v) is 2.29. The molecule has 10 heavy (non-hydrogen) atoms. The van der Waals surface area contributed by atoms with Crippen LogP contribution in [0, 0.1) is 0 Å². The van der Waals surface area contributed by atoms with Crippen LogP contribution in [0.2, 0.25) is 0 Å². The number of halogens is 1. The normalized spacial score (nSPS) is 10.2. The van der Waals surface area contributed by atoms with E-state index in [1.165, 1.54) is 11.5 Å². The van der Waals surface area contributed by atoms with E-state index >= 15 is 0 Å². The van der Waals surface area contributed by atoms with Crippen LogP contribution in [0.1, 0.15) is 12.8 Å². The van der Waals surface area contributed by atoms with E-state index in [-0.39, 0.29) is 6.67 Å². The summed E-state index contributed by atoms with van der Waals surface area (Å²) in [6.45, 7) is -0.150. The third-order valence-corrected chi connectivity index (χ3v) is 3.05. The van der Waals surface area contributed by atoms with Gasteiger partial charge in [0.25, 0.3) is 0 Å². The van der Waals surface area contributed by atoms with Crippen molar-refractivity contribution in [2.75, 3.05) is 30.2 Å². The molecule has 0 spiro atoms. The SMILES string of the molecule is CSCCSCCCCF. The zero-order valence-corrected chi connectivity index (χ0v) is 8.07. The van der Waals surface area contributed by atoms with E-state index < -0.39 is 0 Å². The smallest absolute Gasteiger partial charge is 0.0894 e. The molecule has 0 nitrogen and oxygen atoms in total. The lowest BCUT2D eigenvalue weighted by Gasteiger charge is -1.97. The average Bonchev–Trinajstić information content (AvgIpc) is 1.97. The van der Waals surface area contributed by atoms with E-state index in [0.717, 1.165) is 18.6 Å². The molecule has 0 N–H and O–H groups in total. The van der Waals surface area contributed by atoms with Crippen molar-refractivity contribution in [1.82, 2.24) is 0 Å². The molecule has 0 aromatic carbocycles. The van der Waals surface area contributed by atoms with Gasteiger partial charge in [0, 0.05) is 11.5 Å². The summed E-state index contributed by atoms with van der Waals surface area (Å²) in [6.07, 6.45) is 3.89. The molecule has 0 saturated heterocycles. The van der Waals surface area contributed by atoms with Gasteiger partial charge in [-0.15, -0.1) is 0 Å². The minimum absolute atomic E-state index is 0.150. The maximum Gasteiger partial charge on any atom is 0.0894 e. The highest BCUT2D eigenvalue weighted by Crippen LogP contribution is 2.06. The van der Waals surface area contributed by atoms with Gasteiger partial charge in [0.05, 0.1) is 6.67 Å². The molecular weight excluding hydrogens is 167 g/mol. The van der Waals surface area contributed by atoms with Gasteiger partial charge in [-0.1, -0.05) is 0 Å². The monoisotopic (exact) mass is 182 g/mol. The highest BCUT2D eigenvalue weighted by atomic mass is 32.2. The van der Waals surface area contributed by atoms with Gasteiger partial charge >= 0.3 is 0 Å². The van der Waals surface area contributed by atoms with Crippen LogP contribution < -0.4 is 0 Å². The van der Waals surface area contributed by atoms with Crippen LogP contribution >= 0.6 is 23.5 Å². The second-order valence-corrected chi connectivity index (χ2v) is 4.21. The minimum atomic E-state index is -0.150. The van der Waals surface area contributed by atoms with Gasteiger partial charge in [-0.05, 0) is 24.9 Å². The van der Waals surface area contributed by atoms with E-state index in [2.05, 4.69) is 6.26 Å². The van der Waals surface area contributed by atoms with Crippen molar-refractivity contribution in [1.29, 1.82) is 0 Å². The van der Waals surface area contributed by atoms with Crippen LogP contribution in [0.4, 0.5) is 4.39 Å². The summed E-state index contributed by atoms with van der Waals surface area (Å²) >= 11 is 3.80. The highest BCUT2D eigenvalue weighted by molar-refractivity contribution is 8.02. The fourth-order valence-electron chi connectivity index (χ4n) is 0.543. The van der Waals surface area contributed by atoms with Crippen LogP contribution in [0.3, 0.4) is 0 Å². The third kappa shape index (κ3) is 8.63. The topological polar surface area (TPSA) is 0 Å². The van der Waals surface area contributed by atoms with Crippen LogP contribution in [0.5, 0.6) is 0 Å². The summed E-state index contributed by atoms with van der Waals surface area (Å²) < 4.78 is 11.6. The summed E-state index contributed by atoms with van der Waals surface area (Å²) in [4.78, 5) is 0. The van der Waals surface area contributed by atoms with Crippen molar-refractivity contribution in [2.24, 2.45) is 0 Å². The first-order valence-corrected chi connectivity index (χ1v) is 6.09. The summed E-state index contributed by atoms with van der Waals surface area (Å²) in [6, 6.07) is 0. The number of rotatable bonds is 7. The Morgan fingerprint density at radius 2 is 1.90 bits per heavy atom. The quantitative estimate of drug-likeness (QED) is 0.555. The Morgan fingerprint density at radius 1 is 1.10 bits per heavy atom. The van der Waals surface area contributed by atoms with Crippen molar-refractivity contribution >= 4 is 23.5 Å². The van der Waals surface area contributed by atoms with Crippen molar-refractivity contribution in [3.8, 4) is 0 Å². The molecule has 0 bridgehead atoms. The Kier molecular flexibility index (Phi) is 10.2. The van der Waals surface area contributed by atoms with E-state index in [9.17, 15) is 4.39 Å². The Bertz CT molecular complexity index is 51.6. The van der Waals surface area contributed by atoms with Crippen LogP contribution in [0.15, 0.2) is 0 Å². The van der Waals surface area contributed by atoms with Gasteiger partial charge in [-0.3, -0.25) is 4.39 Å². The predicted octanol–water partition coefficient (Wildman–Crippen LogP) is 2.83. The summed E-state index contributed by atoms with van der Waals surface area (Å²) in [5.41, 5.74) is 0. The Labute approximate surface area is 71.3 Å². The fraction of sp³-hybridized carbons (Fsp3) is 1.00. The third-order valence-electron chi connectivity index (χ3n) is 1.10. The highest BCUT2D eigenvalue weighted by Gasteiger charge is 1.88. The maximum atomic E-state index is 11.6. The molecule has 0 radical (unpaired) electrons. The number of thioether (sulfide) groups is 2. The van der Waals surface area contributed by atoms with E-state index in [1.54, 1.807) is 0 Å². The van der Waals surface area contributed by atoms with Crippen molar-refractivity contribution in [3.05, 3.63) is 0 Å². The molecule has 0 heterocycles. The van der Waals surface area contributed by atoms with Gasteiger partial charge < -0.3 is 0 Å². The lowest BCUT2D eigenvalue weighted by Crippen LogP contribution is -1.86. The largest absolute Gasteiger partial charge is 0.251 e. The molecule has 0 aliphatic carbocycles. The van der Waals surface area contributed by atoms with Gasteiger partial charge in [-0.2, -0.15) is 23.5 Å². The van der Waals surface area contributed by atoms with Crippen molar-refractivity contribution in [2.45, 2.75) is 12.8 Å². The van der Waals surface area contributed by atoms with Crippen LogP contribution in [-0.2, 0) is 0 Å². The van der Waals surface area contributed by atoms with Crippen LogP contribution in [-0.4, -0.2) is 30.2 Å². The Hall–Kier alpha value is 0.630. The molecule has 0 aromatic heterocycles. The van der Waals surface area contributed by atoms with E-state index in [4.69, 9.17) is 0 Å². The first kappa shape index (κ1) is 10.6. The molecule has 0 rings (SSSR count). The van der Waals surface area contributed by atoms with E-state index in [0.29, 0.717) is 0 Å². The molecule has 0 aliphatic heterocycles. The molecule has 62 valence electrons. The lowest BCUT2D eigenvalue weighted by molar-refractivity contribution is 0.470. The van der Waals surface area contributed by atoms with E-state index in [1.807, 2.05) is 23.5 Å². The average molecular weight is 182 g/mol. The molecule has 0 aromatic rings. The molecule has 0 fully saturated rings. The molecule has 0 amide bonds. The van der Waals surface area contributed by atoms with Crippen molar-refractivity contribution in [3.63, 3.8) is 0 Å². The van der Waals surface area contributed by atoms with Gasteiger partial charge in [0.2, 0.25) is 0 Å². The zero-order valence-electron chi connectivity index (χ0n) is 6.44. The van der Waals surface area contributed by atoms with Crippen LogP contribution in [0.25, 0.3) is 0 Å². The number of hydrogen-bond donors (Lipinski definition) is 0. The number of hydrogen-bond acceptors (Lipinski definition) is 2. The molecule has 0 saturated carbocycles. The second kappa shape index (κ2) is 9.63. The lowest BCUT2D eigenvalue weighted by atomic mass is 10.4. The standard InChI is InChI=1S/C7H15FS2/c1-9-6-7-10-5-3-2-4-8/h2-7H2,1H3. The minimum Gasteiger partial charge on any atom is -0.251 e. The Morgan fingerprint density at radius 3 is 2.50 bits per heavy atom. The van der Waals surface area contributed by atoms with Gasteiger partial charge in [-0.25, -0.2) is 0 Å².